The molecule has 5 nitrogen and oxygen atoms in total. The molecule has 0 bridgehead atoms. The predicted molar refractivity (Wildman–Crippen MR) is 133 cm³/mol. The van der Waals surface area contributed by atoms with Crippen molar-refractivity contribution < 1.29 is 31.9 Å². The lowest BCUT2D eigenvalue weighted by atomic mass is 9.96. The number of ether oxygens (including phenoxy) is 2. The van der Waals surface area contributed by atoms with Gasteiger partial charge in [0.15, 0.2) is 6.61 Å². The minimum atomic E-state index is -4.96. The van der Waals surface area contributed by atoms with Crippen LogP contribution in [0.1, 0.15) is 5.76 Å². The summed E-state index contributed by atoms with van der Waals surface area (Å²) in [7, 11) is 0. The molecule has 0 aliphatic heterocycles. The van der Waals surface area contributed by atoms with E-state index < -0.39 is 35.5 Å². The Kier molecular flexibility index (Phi) is 6.35. The fourth-order valence-corrected chi connectivity index (χ4v) is 4.08. The molecule has 4 aromatic carbocycles. The van der Waals surface area contributed by atoms with Crippen LogP contribution in [0.15, 0.2) is 94.1 Å². The Labute approximate surface area is 212 Å². The maximum Gasteiger partial charge on any atom is 0.450 e. The molecule has 186 valence electrons. The molecule has 5 aromatic rings. The second-order valence-corrected chi connectivity index (χ2v) is 8.47. The van der Waals surface area contributed by atoms with Gasteiger partial charge < -0.3 is 13.9 Å². The van der Waals surface area contributed by atoms with Crippen molar-refractivity contribution in [2.75, 3.05) is 6.61 Å². The number of carbonyl (C=O) groups excluding carboxylic acids is 1. The van der Waals surface area contributed by atoms with Gasteiger partial charge in [-0.1, -0.05) is 54.1 Å². The number of alkyl halides is 3. The molecule has 5 rings (SSSR count). The largest absolute Gasteiger partial charge is 0.482 e. The van der Waals surface area contributed by atoms with Gasteiger partial charge in [-0.15, -0.1) is 0 Å². The SMILES string of the molecule is O=C(COc1ccc(Cl)cc1)Oc1ccc2c(=O)c(-c3cccc4ccccc34)c(C(F)(F)F)oc2c1. The van der Waals surface area contributed by atoms with Crippen LogP contribution < -0.4 is 14.9 Å². The molecule has 9 heteroatoms. The molecule has 0 radical (unpaired) electrons. The summed E-state index contributed by atoms with van der Waals surface area (Å²) in [6.45, 7) is -0.461. The number of carbonyl (C=O) groups is 1. The number of hydrogen-bond acceptors (Lipinski definition) is 5. The first kappa shape index (κ1) is 24.4. The highest BCUT2D eigenvalue weighted by molar-refractivity contribution is 6.30. The molecule has 0 unspecified atom stereocenters. The molecular formula is C28H16ClF3O5. The maximum atomic E-state index is 14.1. The first-order valence-electron chi connectivity index (χ1n) is 11.0. The summed E-state index contributed by atoms with van der Waals surface area (Å²) in [5, 5.41) is 1.56. The van der Waals surface area contributed by atoms with Crippen LogP contribution in [0.3, 0.4) is 0 Å². The summed E-state index contributed by atoms with van der Waals surface area (Å²) in [4.78, 5) is 25.6. The zero-order chi connectivity index (χ0) is 26.2. The summed E-state index contributed by atoms with van der Waals surface area (Å²) in [5.74, 6) is -1.97. The van der Waals surface area contributed by atoms with Crippen molar-refractivity contribution in [3.8, 4) is 22.6 Å². The van der Waals surface area contributed by atoms with Crippen molar-refractivity contribution in [3.63, 3.8) is 0 Å². The summed E-state index contributed by atoms with van der Waals surface area (Å²) >= 11 is 5.80. The molecule has 1 aromatic heterocycles. The van der Waals surface area contributed by atoms with E-state index in [4.69, 9.17) is 25.5 Å². The minimum Gasteiger partial charge on any atom is -0.482 e. The van der Waals surface area contributed by atoms with Crippen LogP contribution in [-0.2, 0) is 11.0 Å². The van der Waals surface area contributed by atoms with E-state index in [0.717, 1.165) is 6.07 Å². The Hall–Kier alpha value is -4.30. The fraction of sp³-hybridized carbons (Fsp3) is 0.0714. The number of hydrogen-bond donors (Lipinski definition) is 0. The van der Waals surface area contributed by atoms with Crippen molar-refractivity contribution in [1.29, 1.82) is 0 Å². The molecule has 0 aliphatic rings. The Morgan fingerprint density at radius 2 is 1.57 bits per heavy atom. The third-order valence-corrected chi connectivity index (χ3v) is 5.83. The number of benzene rings is 4. The lowest BCUT2D eigenvalue weighted by Crippen LogP contribution is -2.18. The van der Waals surface area contributed by atoms with Crippen LogP contribution in [0.2, 0.25) is 5.02 Å². The lowest BCUT2D eigenvalue weighted by molar-refractivity contribution is -0.152. The van der Waals surface area contributed by atoms with Crippen LogP contribution in [-0.4, -0.2) is 12.6 Å². The number of esters is 1. The van der Waals surface area contributed by atoms with Gasteiger partial charge >= 0.3 is 12.1 Å². The Morgan fingerprint density at radius 3 is 2.32 bits per heavy atom. The van der Waals surface area contributed by atoms with E-state index in [9.17, 15) is 22.8 Å². The zero-order valence-corrected chi connectivity index (χ0v) is 19.6. The second-order valence-electron chi connectivity index (χ2n) is 8.03. The average Bonchev–Trinajstić information content (AvgIpc) is 2.87. The van der Waals surface area contributed by atoms with Gasteiger partial charge in [-0.2, -0.15) is 13.2 Å². The highest BCUT2D eigenvalue weighted by Gasteiger charge is 2.39. The molecular weight excluding hydrogens is 509 g/mol. The predicted octanol–water partition coefficient (Wildman–Crippen LogP) is 7.27. The number of rotatable bonds is 5. The van der Waals surface area contributed by atoms with Gasteiger partial charge in [0.2, 0.25) is 11.2 Å². The smallest absolute Gasteiger partial charge is 0.450 e. The van der Waals surface area contributed by atoms with Crippen molar-refractivity contribution in [2.45, 2.75) is 6.18 Å². The molecule has 1 heterocycles. The quantitative estimate of drug-likeness (QED) is 0.179. The maximum absolute atomic E-state index is 14.1. The highest BCUT2D eigenvalue weighted by atomic mass is 35.5. The summed E-state index contributed by atoms with van der Waals surface area (Å²) < 4.78 is 58.0. The van der Waals surface area contributed by atoms with Gasteiger partial charge in [0.25, 0.3) is 0 Å². The normalized spacial score (nSPS) is 11.6. The average molecular weight is 525 g/mol. The van der Waals surface area contributed by atoms with Gasteiger partial charge in [-0.25, -0.2) is 4.79 Å². The van der Waals surface area contributed by atoms with Crippen LogP contribution in [0, 0.1) is 0 Å². The van der Waals surface area contributed by atoms with Gasteiger partial charge in [0.05, 0.1) is 10.9 Å². The molecule has 0 aliphatic carbocycles. The minimum absolute atomic E-state index is 0.0897. The van der Waals surface area contributed by atoms with E-state index >= 15 is 0 Å². The summed E-state index contributed by atoms with van der Waals surface area (Å²) in [6, 6.07) is 21.5. The third-order valence-electron chi connectivity index (χ3n) is 5.58. The van der Waals surface area contributed by atoms with Gasteiger partial charge in [0, 0.05) is 11.1 Å². The van der Waals surface area contributed by atoms with Crippen LogP contribution in [0.25, 0.3) is 32.9 Å². The van der Waals surface area contributed by atoms with E-state index in [1.165, 1.54) is 18.2 Å². The Morgan fingerprint density at radius 1 is 0.865 bits per heavy atom. The van der Waals surface area contributed by atoms with Gasteiger partial charge in [-0.3, -0.25) is 4.79 Å². The van der Waals surface area contributed by atoms with Gasteiger partial charge in [0.1, 0.15) is 17.1 Å². The fourth-order valence-electron chi connectivity index (χ4n) is 3.96. The number of fused-ring (bicyclic) bond motifs is 2. The first-order valence-corrected chi connectivity index (χ1v) is 11.3. The Bertz CT molecular complexity index is 1690. The molecule has 37 heavy (non-hydrogen) atoms. The monoisotopic (exact) mass is 524 g/mol. The van der Waals surface area contributed by atoms with Gasteiger partial charge in [-0.05, 0) is 52.7 Å². The van der Waals surface area contributed by atoms with E-state index in [-0.39, 0.29) is 22.3 Å². The third kappa shape index (κ3) is 5.01. The molecule has 0 saturated carbocycles. The van der Waals surface area contributed by atoms with E-state index in [1.54, 1.807) is 60.7 Å². The molecule has 0 spiro atoms. The molecule has 0 N–H and O–H groups in total. The van der Waals surface area contributed by atoms with Crippen molar-refractivity contribution in [2.24, 2.45) is 0 Å². The first-order chi connectivity index (χ1) is 17.7. The highest BCUT2D eigenvalue weighted by Crippen LogP contribution is 2.39. The van der Waals surface area contributed by atoms with Crippen molar-refractivity contribution in [3.05, 3.63) is 106 Å². The lowest BCUT2D eigenvalue weighted by Gasteiger charge is -2.14. The van der Waals surface area contributed by atoms with E-state index in [0.29, 0.717) is 21.5 Å². The standard InChI is InChI=1S/C28H16ClF3O5/c29-17-8-10-18(11-9-17)35-15-24(33)36-19-12-13-22-23(14-19)37-27(28(30,31)32)25(26(22)34)21-7-3-5-16-4-1-2-6-20(16)21/h1-14H,15H2. The molecule has 0 saturated heterocycles. The topological polar surface area (TPSA) is 65.7 Å². The van der Waals surface area contributed by atoms with Crippen LogP contribution >= 0.6 is 11.6 Å². The van der Waals surface area contributed by atoms with E-state index in [1.807, 2.05) is 0 Å². The summed E-state index contributed by atoms with van der Waals surface area (Å²) in [5.41, 5.74) is -1.70. The zero-order valence-electron chi connectivity index (χ0n) is 18.8. The second kappa shape index (κ2) is 9.63. The molecule has 0 amide bonds. The van der Waals surface area contributed by atoms with E-state index in [2.05, 4.69) is 0 Å². The number of halogens is 4. The molecule has 0 atom stereocenters. The van der Waals surface area contributed by atoms with Crippen molar-refractivity contribution in [1.82, 2.24) is 0 Å². The van der Waals surface area contributed by atoms with Crippen molar-refractivity contribution >= 4 is 39.3 Å². The molecule has 0 fully saturated rings. The summed E-state index contributed by atoms with van der Waals surface area (Å²) in [6.07, 6.45) is -4.96. The van der Waals surface area contributed by atoms with Crippen LogP contribution in [0.4, 0.5) is 13.2 Å². The van der Waals surface area contributed by atoms with Crippen LogP contribution in [0.5, 0.6) is 11.5 Å². The Balaban J connectivity index is 1.52.